The zero-order chi connectivity index (χ0) is 26.0. The van der Waals surface area contributed by atoms with Crippen molar-refractivity contribution in [1.82, 2.24) is 19.9 Å². The highest BCUT2D eigenvalue weighted by Gasteiger charge is 2.22. The number of carboxylic acids is 1. The van der Waals surface area contributed by atoms with Crippen LogP contribution in [0.25, 0.3) is 0 Å². The molecule has 3 rings (SSSR count). The second-order valence-corrected chi connectivity index (χ2v) is 6.85. The Morgan fingerprint density at radius 2 is 1.09 bits per heavy atom. The molecule has 0 spiro atoms. The summed E-state index contributed by atoms with van der Waals surface area (Å²) < 4.78 is 31.4. The van der Waals surface area contributed by atoms with Gasteiger partial charge in [0.2, 0.25) is 23.5 Å². The third-order valence-corrected chi connectivity index (χ3v) is 3.76. The lowest BCUT2D eigenvalue weighted by Crippen LogP contribution is -2.06. The maximum absolute atomic E-state index is 12.0. The number of nitrogens with zero attached hydrogens (tertiary/aromatic N) is 4. The first-order valence-electron chi connectivity index (χ1n) is 10.1. The lowest BCUT2D eigenvalue weighted by atomic mass is 10.2. The topological polar surface area (TPSA) is 170 Å². The molecule has 35 heavy (non-hydrogen) atoms. The van der Waals surface area contributed by atoms with Gasteiger partial charge in [-0.1, -0.05) is 19.9 Å². The van der Waals surface area contributed by atoms with Crippen LogP contribution in [0.1, 0.15) is 24.2 Å². The number of rotatable bonds is 9. The molecule has 2 aromatic heterocycles. The molecule has 0 amide bonds. The zero-order valence-corrected chi connectivity index (χ0v) is 20.1. The van der Waals surface area contributed by atoms with Gasteiger partial charge in [0.25, 0.3) is 0 Å². The van der Waals surface area contributed by atoms with Gasteiger partial charge in [0.05, 0.1) is 40.6 Å². The first kappa shape index (κ1) is 26.9. The summed E-state index contributed by atoms with van der Waals surface area (Å²) in [5.41, 5.74) is 4.80. The molecule has 0 bridgehead atoms. The third kappa shape index (κ3) is 7.85. The molecule has 0 atom stereocenters. The van der Waals surface area contributed by atoms with Crippen molar-refractivity contribution in [3.63, 3.8) is 0 Å². The van der Waals surface area contributed by atoms with Crippen molar-refractivity contribution in [2.75, 3.05) is 28.4 Å². The van der Waals surface area contributed by atoms with E-state index in [1.54, 1.807) is 0 Å². The van der Waals surface area contributed by atoms with E-state index in [-0.39, 0.29) is 52.6 Å². The van der Waals surface area contributed by atoms with E-state index in [9.17, 15) is 9.90 Å². The Morgan fingerprint density at radius 3 is 1.34 bits per heavy atom. The van der Waals surface area contributed by atoms with E-state index in [1.165, 1.54) is 58.8 Å². The van der Waals surface area contributed by atoms with Gasteiger partial charge < -0.3 is 39.3 Å². The number of methoxy groups -OCH3 is 4. The number of hydrogen-bond donors (Lipinski definition) is 2. The molecule has 2 heterocycles. The molecule has 188 valence electrons. The number of aromatic carboxylic acids is 1. The van der Waals surface area contributed by atoms with Crippen LogP contribution in [0, 0.1) is 0 Å². The predicted molar refractivity (Wildman–Crippen MR) is 123 cm³/mol. The van der Waals surface area contributed by atoms with E-state index in [0.29, 0.717) is 6.04 Å². The highest BCUT2D eigenvalue weighted by molar-refractivity contribution is 5.94. The first-order valence-corrected chi connectivity index (χ1v) is 10.1. The normalized spacial score (nSPS) is 10.1. The van der Waals surface area contributed by atoms with Crippen LogP contribution < -0.4 is 34.2 Å². The summed E-state index contributed by atoms with van der Waals surface area (Å²) in [6.45, 7) is 3.89. The van der Waals surface area contributed by atoms with Crippen molar-refractivity contribution >= 4 is 5.97 Å². The van der Waals surface area contributed by atoms with Crippen molar-refractivity contribution in [2.24, 2.45) is 5.73 Å². The van der Waals surface area contributed by atoms with Crippen LogP contribution in [0.2, 0.25) is 0 Å². The number of carboxylic acid groups (broad SMARTS) is 1. The van der Waals surface area contributed by atoms with Crippen LogP contribution >= 0.6 is 0 Å². The van der Waals surface area contributed by atoms with Crippen LogP contribution in [-0.2, 0) is 0 Å². The molecule has 0 saturated carbocycles. The second-order valence-electron chi connectivity index (χ2n) is 6.85. The highest BCUT2D eigenvalue weighted by Crippen LogP contribution is 2.34. The van der Waals surface area contributed by atoms with E-state index in [2.05, 4.69) is 19.9 Å². The largest absolute Gasteiger partial charge is 0.481 e. The average Bonchev–Trinajstić information content (AvgIpc) is 2.83. The fraction of sp³-hybridized carbons (Fsp3) is 0.318. The van der Waals surface area contributed by atoms with Crippen LogP contribution in [0.15, 0.2) is 30.3 Å². The molecule has 13 heteroatoms. The van der Waals surface area contributed by atoms with E-state index >= 15 is 0 Å². The fourth-order valence-electron chi connectivity index (χ4n) is 2.37. The molecule has 0 fully saturated rings. The number of carbonyl (C=O) groups is 1. The lowest BCUT2D eigenvalue weighted by molar-refractivity contribution is 0.0691. The Hall–Kier alpha value is -4.39. The molecule has 0 radical (unpaired) electrons. The quantitative estimate of drug-likeness (QED) is 0.450. The molecular weight excluding hydrogens is 462 g/mol. The molecule has 13 nitrogen and oxygen atoms in total. The van der Waals surface area contributed by atoms with Crippen molar-refractivity contribution in [3.8, 4) is 47.0 Å². The summed E-state index contributed by atoms with van der Waals surface area (Å²) in [5.74, 6) is -0.822. The Balaban J connectivity index is 0.00000100. The molecule has 1 aromatic carbocycles. The van der Waals surface area contributed by atoms with Crippen molar-refractivity contribution in [1.29, 1.82) is 0 Å². The monoisotopic (exact) mass is 489 g/mol. The number of benzene rings is 1. The Bertz CT molecular complexity index is 1020. The Labute approximate surface area is 201 Å². The van der Waals surface area contributed by atoms with E-state index in [1.807, 2.05) is 13.8 Å². The second kappa shape index (κ2) is 12.7. The lowest BCUT2D eigenvalue weighted by Gasteiger charge is -2.13. The summed E-state index contributed by atoms with van der Waals surface area (Å²) in [6, 6.07) is 7.20. The predicted octanol–water partition coefficient (Wildman–Crippen LogP) is 2.94. The van der Waals surface area contributed by atoms with Gasteiger partial charge in [-0.05, 0) is 18.2 Å². The molecule has 3 aromatic rings. The Morgan fingerprint density at radius 1 is 0.771 bits per heavy atom. The number of hydrogen-bond acceptors (Lipinski definition) is 12. The summed E-state index contributed by atoms with van der Waals surface area (Å²) >= 11 is 0. The Kier molecular flexibility index (Phi) is 9.78. The minimum atomic E-state index is -1.32. The van der Waals surface area contributed by atoms with Gasteiger partial charge in [0.15, 0.2) is 0 Å². The van der Waals surface area contributed by atoms with E-state index in [0.717, 1.165) is 0 Å². The smallest absolute Gasteiger partial charge is 0.343 e. The van der Waals surface area contributed by atoms with Gasteiger partial charge in [0, 0.05) is 0 Å². The number of ether oxygens (including phenoxy) is 6. The summed E-state index contributed by atoms with van der Waals surface area (Å²) in [4.78, 5) is 28.1. The minimum Gasteiger partial charge on any atom is -0.481 e. The zero-order valence-electron chi connectivity index (χ0n) is 20.1. The average molecular weight is 489 g/mol. The molecular formula is C22H27N5O8. The molecule has 0 saturated heterocycles. The molecule has 0 unspecified atom stereocenters. The van der Waals surface area contributed by atoms with Gasteiger partial charge in [-0.3, -0.25) is 0 Å². The van der Waals surface area contributed by atoms with Crippen LogP contribution in [0.4, 0.5) is 0 Å². The number of aromatic nitrogens is 4. The molecule has 3 N–H and O–H groups in total. The van der Waals surface area contributed by atoms with Gasteiger partial charge >= 0.3 is 18.0 Å². The van der Waals surface area contributed by atoms with Gasteiger partial charge in [0.1, 0.15) is 17.1 Å². The SMILES string of the molecule is CC(C)N.COc1cc(OC)nc(Oc2cccc(Oc3nc(OC)cc(OC)n3)c2C(=O)O)n1. The molecule has 0 aliphatic rings. The van der Waals surface area contributed by atoms with Crippen molar-refractivity contribution in [2.45, 2.75) is 19.9 Å². The third-order valence-electron chi connectivity index (χ3n) is 3.76. The van der Waals surface area contributed by atoms with Gasteiger partial charge in [-0.2, -0.15) is 19.9 Å². The summed E-state index contributed by atoms with van der Waals surface area (Å²) in [6.07, 6.45) is 0. The summed E-state index contributed by atoms with van der Waals surface area (Å²) in [7, 11) is 5.63. The maximum atomic E-state index is 12.0. The maximum Gasteiger partial charge on any atom is 0.343 e. The van der Waals surface area contributed by atoms with Crippen molar-refractivity contribution < 1.29 is 38.3 Å². The fourth-order valence-corrected chi connectivity index (χ4v) is 2.37. The van der Waals surface area contributed by atoms with Crippen molar-refractivity contribution in [3.05, 3.63) is 35.9 Å². The van der Waals surface area contributed by atoms with Crippen LogP contribution in [0.5, 0.6) is 47.0 Å². The van der Waals surface area contributed by atoms with E-state index in [4.69, 9.17) is 34.2 Å². The number of nitrogens with two attached hydrogens (primary N) is 1. The van der Waals surface area contributed by atoms with Crippen LogP contribution in [0.3, 0.4) is 0 Å². The van der Waals surface area contributed by atoms with Gasteiger partial charge in [-0.25, -0.2) is 4.79 Å². The first-order chi connectivity index (χ1) is 16.7. The molecule has 0 aliphatic carbocycles. The standard InChI is InChI=1S/C19H18N4O8.C3H9N/c1-26-12-8-13(27-2)21-18(20-12)30-10-6-5-7-11(16(10)17(24)25)31-19-22-14(28-3)9-15(23-19)29-4;1-3(2)4/h5-9H,1-4H3,(H,24,25);3H,4H2,1-2H3. The highest BCUT2D eigenvalue weighted by atomic mass is 16.5. The summed E-state index contributed by atoms with van der Waals surface area (Å²) in [5, 5.41) is 9.77. The molecule has 0 aliphatic heterocycles. The van der Waals surface area contributed by atoms with Gasteiger partial charge in [-0.15, -0.1) is 0 Å². The minimum absolute atomic E-state index is 0.0878. The van der Waals surface area contributed by atoms with Crippen LogP contribution in [-0.4, -0.2) is 65.5 Å². The van der Waals surface area contributed by atoms with E-state index < -0.39 is 5.97 Å².